The van der Waals surface area contributed by atoms with Crippen molar-refractivity contribution in [3.05, 3.63) is 46.5 Å². The summed E-state index contributed by atoms with van der Waals surface area (Å²) in [7, 11) is 0. The second-order valence-electron chi connectivity index (χ2n) is 4.13. The molecule has 0 aliphatic heterocycles. The number of nitrogens with zero attached hydrogens (tertiary/aromatic N) is 2. The van der Waals surface area contributed by atoms with Gasteiger partial charge in [-0.15, -0.1) is 0 Å². The molecule has 0 aliphatic rings. The van der Waals surface area contributed by atoms with Crippen LogP contribution in [0.2, 0.25) is 0 Å². The summed E-state index contributed by atoms with van der Waals surface area (Å²) in [4.78, 5) is 4.42. The van der Waals surface area contributed by atoms with Gasteiger partial charge in [0.05, 0.1) is 18.2 Å². The van der Waals surface area contributed by atoms with Crippen molar-refractivity contribution in [1.82, 2.24) is 0 Å². The van der Waals surface area contributed by atoms with E-state index < -0.39 is 0 Å². The Bertz CT molecular complexity index is 493. The molecule has 3 heteroatoms. The first-order valence-corrected chi connectivity index (χ1v) is 6.06. The SMILES string of the molecule is C/C=C(\C=N/Cc1ccc(C#N)cc1C)CCN. The first kappa shape index (κ1) is 14.1. The fourth-order valence-corrected chi connectivity index (χ4v) is 1.65. The number of allylic oxidation sites excluding steroid dienone is 1. The van der Waals surface area contributed by atoms with Gasteiger partial charge >= 0.3 is 0 Å². The predicted molar refractivity (Wildman–Crippen MR) is 75.5 cm³/mol. The van der Waals surface area contributed by atoms with Crippen LogP contribution in [-0.4, -0.2) is 12.8 Å². The average molecular weight is 241 g/mol. The van der Waals surface area contributed by atoms with Gasteiger partial charge in [-0.1, -0.05) is 12.1 Å². The first-order chi connectivity index (χ1) is 8.71. The van der Waals surface area contributed by atoms with Crippen LogP contribution in [0.25, 0.3) is 0 Å². The van der Waals surface area contributed by atoms with E-state index in [-0.39, 0.29) is 0 Å². The van der Waals surface area contributed by atoms with Crippen LogP contribution < -0.4 is 5.73 Å². The lowest BCUT2D eigenvalue weighted by Crippen LogP contribution is -2.01. The highest BCUT2D eigenvalue weighted by molar-refractivity contribution is 5.78. The molecule has 0 bridgehead atoms. The molecule has 0 unspecified atom stereocenters. The van der Waals surface area contributed by atoms with Crippen LogP contribution in [0.1, 0.15) is 30.0 Å². The van der Waals surface area contributed by atoms with Crippen LogP contribution in [0.4, 0.5) is 0 Å². The third-order valence-electron chi connectivity index (χ3n) is 2.79. The van der Waals surface area contributed by atoms with Gasteiger partial charge in [0.15, 0.2) is 0 Å². The van der Waals surface area contributed by atoms with E-state index in [2.05, 4.69) is 11.1 Å². The second-order valence-corrected chi connectivity index (χ2v) is 4.13. The molecule has 1 rings (SSSR count). The summed E-state index contributed by atoms with van der Waals surface area (Å²) in [6, 6.07) is 7.81. The molecule has 0 fully saturated rings. The van der Waals surface area contributed by atoms with Crippen LogP contribution in [0, 0.1) is 18.3 Å². The first-order valence-electron chi connectivity index (χ1n) is 6.06. The number of benzene rings is 1. The molecule has 0 saturated heterocycles. The van der Waals surface area contributed by atoms with Gasteiger partial charge in [0.2, 0.25) is 0 Å². The monoisotopic (exact) mass is 241 g/mol. The zero-order valence-corrected chi connectivity index (χ0v) is 11.0. The Labute approximate surface area is 109 Å². The molecule has 0 amide bonds. The Morgan fingerprint density at radius 2 is 2.28 bits per heavy atom. The van der Waals surface area contributed by atoms with E-state index in [4.69, 9.17) is 11.0 Å². The highest BCUT2D eigenvalue weighted by Crippen LogP contribution is 2.11. The molecular weight excluding hydrogens is 222 g/mol. The van der Waals surface area contributed by atoms with E-state index in [0.29, 0.717) is 18.7 Å². The number of aryl methyl sites for hydroxylation is 1. The maximum Gasteiger partial charge on any atom is 0.0991 e. The van der Waals surface area contributed by atoms with Crippen LogP contribution in [0.5, 0.6) is 0 Å². The molecule has 0 spiro atoms. The molecule has 0 saturated carbocycles. The van der Waals surface area contributed by atoms with Crippen molar-refractivity contribution in [2.45, 2.75) is 26.8 Å². The fourth-order valence-electron chi connectivity index (χ4n) is 1.65. The summed E-state index contributed by atoms with van der Waals surface area (Å²) >= 11 is 0. The Kier molecular flexibility index (Phi) is 5.83. The van der Waals surface area contributed by atoms with Crippen molar-refractivity contribution in [2.24, 2.45) is 10.7 Å². The summed E-state index contributed by atoms with van der Waals surface area (Å²) in [6.45, 7) is 5.27. The Hall–Kier alpha value is -1.92. The molecule has 3 nitrogen and oxygen atoms in total. The van der Waals surface area contributed by atoms with E-state index in [1.807, 2.05) is 44.3 Å². The largest absolute Gasteiger partial charge is 0.330 e. The van der Waals surface area contributed by atoms with E-state index in [9.17, 15) is 0 Å². The van der Waals surface area contributed by atoms with Crippen molar-refractivity contribution in [3.8, 4) is 6.07 Å². The van der Waals surface area contributed by atoms with Crippen LogP contribution >= 0.6 is 0 Å². The molecule has 0 heterocycles. The Morgan fingerprint density at radius 3 is 2.83 bits per heavy atom. The van der Waals surface area contributed by atoms with E-state index >= 15 is 0 Å². The number of nitriles is 1. The summed E-state index contributed by atoms with van der Waals surface area (Å²) < 4.78 is 0. The smallest absolute Gasteiger partial charge is 0.0991 e. The minimum absolute atomic E-state index is 0.638. The van der Waals surface area contributed by atoms with Gasteiger partial charge in [-0.3, -0.25) is 4.99 Å². The Balaban J connectivity index is 2.69. The molecular formula is C15H19N3. The average Bonchev–Trinajstić information content (AvgIpc) is 2.39. The zero-order chi connectivity index (χ0) is 13.4. The minimum atomic E-state index is 0.638. The zero-order valence-electron chi connectivity index (χ0n) is 11.0. The number of rotatable bonds is 5. The maximum atomic E-state index is 8.79. The summed E-state index contributed by atoms with van der Waals surface area (Å²) in [6.07, 6.45) is 4.76. The molecule has 0 aliphatic carbocycles. The molecule has 18 heavy (non-hydrogen) atoms. The van der Waals surface area contributed by atoms with Crippen molar-refractivity contribution in [3.63, 3.8) is 0 Å². The topological polar surface area (TPSA) is 62.2 Å². The number of hydrogen-bond donors (Lipinski definition) is 1. The van der Waals surface area contributed by atoms with Gasteiger partial charge in [-0.25, -0.2) is 0 Å². The molecule has 1 aromatic carbocycles. The van der Waals surface area contributed by atoms with E-state index in [1.54, 1.807) is 0 Å². The lowest BCUT2D eigenvalue weighted by Gasteiger charge is -2.03. The highest BCUT2D eigenvalue weighted by atomic mass is 14.7. The molecule has 0 atom stereocenters. The van der Waals surface area contributed by atoms with Gasteiger partial charge in [0.1, 0.15) is 0 Å². The van der Waals surface area contributed by atoms with E-state index in [1.165, 1.54) is 0 Å². The third-order valence-corrected chi connectivity index (χ3v) is 2.79. The lowest BCUT2D eigenvalue weighted by atomic mass is 10.1. The second kappa shape index (κ2) is 7.41. The van der Waals surface area contributed by atoms with Crippen molar-refractivity contribution < 1.29 is 0 Å². The lowest BCUT2D eigenvalue weighted by molar-refractivity contribution is 0.977. The van der Waals surface area contributed by atoms with Gasteiger partial charge in [0.25, 0.3) is 0 Å². The van der Waals surface area contributed by atoms with Crippen molar-refractivity contribution in [2.75, 3.05) is 6.54 Å². The van der Waals surface area contributed by atoms with Gasteiger partial charge in [0, 0.05) is 6.21 Å². The van der Waals surface area contributed by atoms with Gasteiger partial charge in [-0.2, -0.15) is 5.26 Å². The third kappa shape index (κ3) is 4.15. The van der Waals surface area contributed by atoms with Crippen LogP contribution in [-0.2, 0) is 6.54 Å². The van der Waals surface area contributed by atoms with Crippen molar-refractivity contribution in [1.29, 1.82) is 5.26 Å². The molecule has 0 radical (unpaired) electrons. The molecule has 0 aromatic heterocycles. The number of nitrogens with two attached hydrogens (primary N) is 1. The number of aliphatic imine (C=N–C) groups is 1. The molecule has 94 valence electrons. The van der Waals surface area contributed by atoms with Crippen LogP contribution in [0.3, 0.4) is 0 Å². The quantitative estimate of drug-likeness (QED) is 0.806. The standard InChI is InChI=1S/C15H19N3/c1-3-13(6-7-16)10-18-11-15-5-4-14(9-17)8-12(15)2/h3-5,8,10H,6-7,11,16H2,1-2H3/b13-3-,18-10-. The van der Waals surface area contributed by atoms with E-state index in [0.717, 1.165) is 23.1 Å². The maximum absolute atomic E-state index is 8.79. The van der Waals surface area contributed by atoms with Gasteiger partial charge in [-0.05, 0) is 55.6 Å². The Morgan fingerprint density at radius 1 is 1.50 bits per heavy atom. The van der Waals surface area contributed by atoms with Crippen molar-refractivity contribution >= 4 is 6.21 Å². The fraction of sp³-hybridized carbons (Fsp3) is 0.333. The summed E-state index contributed by atoms with van der Waals surface area (Å²) in [5.41, 5.74) is 9.61. The highest BCUT2D eigenvalue weighted by Gasteiger charge is 1.98. The van der Waals surface area contributed by atoms with Gasteiger partial charge < -0.3 is 5.73 Å². The van der Waals surface area contributed by atoms with Crippen LogP contribution in [0.15, 0.2) is 34.8 Å². The normalized spacial score (nSPS) is 11.8. The summed E-state index contributed by atoms with van der Waals surface area (Å²) in [5, 5.41) is 8.79. The minimum Gasteiger partial charge on any atom is -0.330 e. The summed E-state index contributed by atoms with van der Waals surface area (Å²) in [5.74, 6) is 0. The predicted octanol–water partition coefficient (Wildman–Crippen LogP) is 2.73. The molecule has 1 aromatic rings. The number of hydrogen-bond acceptors (Lipinski definition) is 3. The molecule has 2 N–H and O–H groups in total.